The molecule has 1 amide bonds. The highest BCUT2D eigenvalue weighted by molar-refractivity contribution is 7.16. The molecule has 2 aromatic heterocycles. The number of aromatic nitrogens is 2. The van der Waals surface area contributed by atoms with Crippen molar-refractivity contribution >= 4 is 33.3 Å². The number of nitrogens with zero attached hydrogens (tertiary/aromatic N) is 5. The first-order valence-corrected chi connectivity index (χ1v) is 9.40. The zero-order chi connectivity index (χ0) is 16.7. The maximum absolute atomic E-state index is 13.0. The Kier molecular flexibility index (Phi) is 3.92. The van der Waals surface area contributed by atoms with E-state index in [9.17, 15) is 4.79 Å². The van der Waals surface area contributed by atoms with E-state index in [0.717, 1.165) is 61.5 Å². The second kappa shape index (κ2) is 5.97. The number of thiophene rings is 1. The van der Waals surface area contributed by atoms with E-state index in [-0.39, 0.29) is 5.54 Å². The van der Waals surface area contributed by atoms with Crippen LogP contribution in [0.4, 0.5) is 5.82 Å². The normalized spacial score (nSPS) is 20.5. The molecule has 6 nitrogen and oxygen atoms in total. The topological polar surface area (TPSA) is 52.6 Å². The van der Waals surface area contributed by atoms with Crippen LogP contribution in [0.5, 0.6) is 0 Å². The second-order valence-corrected chi connectivity index (χ2v) is 7.79. The van der Waals surface area contributed by atoms with Gasteiger partial charge in [-0.25, -0.2) is 9.97 Å². The molecule has 2 fully saturated rings. The average molecular weight is 345 g/mol. The summed E-state index contributed by atoms with van der Waals surface area (Å²) >= 11 is 1.64. The first kappa shape index (κ1) is 15.8. The fourth-order valence-electron chi connectivity index (χ4n) is 3.81. The van der Waals surface area contributed by atoms with Crippen LogP contribution in [0.25, 0.3) is 10.2 Å². The zero-order valence-electron chi connectivity index (χ0n) is 14.2. The van der Waals surface area contributed by atoms with Crippen LogP contribution in [0.15, 0.2) is 17.8 Å². The van der Waals surface area contributed by atoms with Gasteiger partial charge in [-0.3, -0.25) is 9.69 Å². The van der Waals surface area contributed by atoms with E-state index >= 15 is 0 Å². The molecule has 2 aromatic rings. The van der Waals surface area contributed by atoms with Crippen LogP contribution in [0.1, 0.15) is 19.3 Å². The maximum atomic E-state index is 13.0. The smallest absolute Gasteiger partial charge is 0.243 e. The molecule has 0 radical (unpaired) electrons. The number of anilines is 1. The third-order valence-corrected chi connectivity index (χ3v) is 6.36. The van der Waals surface area contributed by atoms with E-state index in [0.29, 0.717) is 5.91 Å². The Morgan fingerprint density at radius 3 is 2.58 bits per heavy atom. The van der Waals surface area contributed by atoms with Crippen molar-refractivity contribution in [3.8, 4) is 0 Å². The van der Waals surface area contributed by atoms with Crippen LogP contribution >= 0.6 is 11.3 Å². The lowest BCUT2D eigenvalue weighted by Crippen LogP contribution is -2.63. The summed E-state index contributed by atoms with van der Waals surface area (Å²) in [7, 11) is 4.06. The number of carbonyl (C=O) groups excluding carboxylic acids is 1. The summed E-state index contributed by atoms with van der Waals surface area (Å²) in [6, 6.07) is 2.09. The molecule has 0 unspecified atom stereocenters. The molecule has 1 saturated heterocycles. The van der Waals surface area contributed by atoms with Crippen molar-refractivity contribution in [1.82, 2.24) is 19.8 Å². The lowest BCUT2D eigenvalue weighted by molar-refractivity contribution is -0.149. The van der Waals surface area contributed by atoms with Crippen molar-refractivity contribution in [3.63, 3.8) is 0 Å². The minimum absolute atomic E-state index is 0.252. The van der Waals surface area contributed by atoms with Crippen molar-refractivity contribution in [2.75, 3.05) is 45.2 Å². The Balaban J connectivity index is 1.47. The quantitative estimate of drug-likeness (QED) is 0.849. The fraction of sp³-hybridized carbons (Fsp3) is 0.588. The second-order valence-electron chi connectivity index (χ2n) is 6.90. The van der Waals surface area contributed by atoms with Gasteiger partial charge in [-0.05, 0) is 44.8 Å². The monoisotopic (exact) mass is 345 g/mol. The Bertz CT molecular complexity index is 746. The predicted octanol–water partition coefficient (Wildman–Crippen LogP) is 1.82. The highest BCUT2D eigenvalue weighted by atomic mass is 32.1. The third-order valence-electron chi connectivity index (χ3n) is 5.54. The van der Waals surface area contributed by atoms with Crippen molar-refractivity contribution in [2.45, 2.75) is 24.8 Å². The summed E-state index contributed by atoms with van der Waals surface area (Å²) in [4.78, 5) is 29.3. The first-order chi connectivity index (χ1) is 11.6. The van der Waals surface area contributed by atoms with Crippen LogP contribution in [0, 0.1) is 0 Å². The summed E-state index contributed by atoms with van der Waals surface area (Å²) in [6.45, 7) is 3.20. The standard InChI is InChI=1S/C17H23N5OS/c1-20(2)17(5-3-6-17)16(23)22-9-7-21(8-10-22)14-13-4-11-24-15(13)19-12-18-14/h4,11-12H,3,5-10H2,1-2H3. The van der Waals surface area contributed by atoms with Gasteiger partial charge in [0.2, 0.25) is 5.91 Å². The van der Waals surface area contributed by atoms with E-state index in [4.69, 9.17) is 0 Å². The molecular formula is C17H23N5OS. The molecule has 4 rings (SSSR count). The lowest BCUT2D eigenvalue weighted by atomic mass is 9.74. The van der Waals surface area contributed by atoms with Gasteiger partial charge >= 0.3 is 0 Å². The predicted molar refractivity (Wildman–Crippen MR) is 96.5 cm³/mol. The summed E-state index contributed by atoms with van der Waals surface area (Å²) in [6.07, 6.45) is 4.77. The molecule has 128 valence electrons. The molecule has 1 aliphatic heterocycles. The van der Waals surface area contributed by atoms with Crippen molar-refractivity contribution < 1.29 is 4.79 Å². The Hall–Kier alpha value is -1.73. The fourth-order valence-corrected chi connectivity index (χ4v) is 4.54. The SMILES string of the molecule is CN(C)C1(C(=O)N2CCN(c3ncnc4sccc34)CC2)CCC1. The van der Waals surface area contributed by atoms with Crippen LogP contribution in [0.3, 0.4) is 0 Å². The van der Waals surface area contributed by atoms with E-state index < -0.39 is 0 Å². The minimum Gasteiger partial charge on any atom is -0.352 e. The van der Waals surface area contributed by atoms with E-state index in [1.165, 1.54) is 0 Å². The van der Waals surface area contributed by atoms with E-state index in [2.05, 4.69) is 31.2 Å². The number of amides is 1. The van der Waals surface area contributed by atoms with Gasteiger partial charge in [-0.1, -0.05) is 0 Å². The molecule has 0 N–H and O–H groups in total. The van der Waals surface area contributed by atoms with E-state index in [1.54, 1.807) is 17.7 Å². The average Bonchev–Trinajstić information content (AvgIpc) is 3.02. The highest BCUT2D eigenvalue weighted by Crippen LogP contribution is 2.38. The highest BCUT2D eigenvalue weighted by Gasteiger charge is 2.48. The number of rotatable bonds is 3. The molecule has 7 heteroatoms. The minimum atomic E-state index is -0.252. The number of hydrogen-bond donors (Lipinski definition) is 0. The molecule has 0 bridgehead atoms. The summed E-state index contributed by atoms with van der Waals surface area (Å²) in [5.41, 5.74) is -0.252. The van der Waals surface area contributed by atoms with Gasteiger partial charge in [-0.15, -0.1) is 11.3 Å². The third kappa shape index (κ3) is 2.38. The number of hydrogen-bond acceptors (Lipinski definition) is 6. The first-order valence-electron chi connectivity index (χ1n) is 8.52. The van der Waals surface area contributed by atoms with Gasteiger partial charge in [0.15, 0.2) is 0 Å². The molecule has 0 spiro atoms. The molecule has 1 saturated carbocycles. The van der Waals surface area contributed by atoms with Gasteiger partial charge in [-0.2, -0.15) is 0 Å². The van der Waals surface area contributed by atoms with Crippen molar-refractivity contribution in [3.05, 3.63) is 17.8 Å². The number of piperazine rings is 1. The zero-order valence-corrected chi connectivity index (χ0v) is 15.1. The van der Waals surface area contributed by atoms with E-state index in [1.807, 2.05) is 19.0 Å². The Labute approximate surface area is 146 Å². The van der Waals surface area contributed by atoms with Gasteiger partial charge in [0.25, 0.3) is 0 Å². The Morgan fingerprint density at radius 2 is 1.96 bits per heavy atom. The number of likely N-dealkylation sites (N-methyl/N-ethyl adjacent to an activating group) is 1. The van der Waals surface area contributed by atoms with Gasteiger partial charge in [0, 0.05) is 26.2 Å². The van der Waals surface area contributed by atoms with Crippen molar-refractivity contribution in [1.29, 1.82) is 0 Å². The maximum Gasteiger partial charge on any atom is 0.243 e. The summed E-state index contributed by atoms with van der Waals surface area (Å²) in [5, 5.41) is 3.17. The molecular weight excluding hydrogens is 322 g/mol. The molecule has 0 atom stereocenters. The lowest BCUT2D eigenvalue weighted by Gasteiger charge is -2.49. The number of fused-ring (bicyclic) bond motifs is 1. The van der Waals surface area contributed by atoms with Crippen LogP contribution in [-0.4, -0.2) is 71.5 Å². The van der Waals surface area contributed by atoms with Crippen LogP contribution < -0.4 is 4.90 Å². The van der Waals surface area contributed by atoms with Gasteiger partial charge in [0.05, 0.1) is 5.39 Å². The van der Waals surface area contributed by atoms with Gasteiger partial charge in [0.1, 0.15) is 22.5 Å². The molecule has 3 heterocycles. The Morgan fingerprint density at radius 1 is 1.21 bits per heavy atom. The van der Waals surface area contributed by atoms with Crippen molar-refractivity contribution in [2.24, 2.45) is 0 Å². The molecule has 2 aliphatic rings. The number of carbonyl (C=O) groups is 1. The largest absolute Gasteiger partial charge is 0.352 e. The van der Waals surface area contributed by atoms with Crippen LogP contribution in [-0.2, 0) is 4.79 Å². The summed E-state index contributed by atoms with van der Waals surface area (Å²) in [5.74, 6) is 1.31. The van der Waals surface area contributed by atoms with Gasteiger partial charge < -0.3 is 9.80 Å². The molecule has 24 heavy (non-hydrogen) atoms. The summed E-state index contributed by atoms with van der Waals surface area (Å²) < 4.78 is 0. The molecule has 1 aliphatic carbocycles. The van der Waals surface area contributed by atoms with Crippen LogP contribution in [0.2, 0.25) is 0 Å². The molecule has 0 aromatic carbocycles.